The second-order valence-corrected chi connectivity index (χ2v) is 8.24. The van der Waals surface area contributed by atoms with Crippen molar-refractivity contribution in [1.82, 2.24) is 9.80 Å². The lowest BCUT2D eigenvalue weighted by Crippen LogP contribution is -2.37. The molecule has 1 aliphatic rings. The summed E-state index contributed by atoms with van der Waals surface area (Å²) in [5, 5.41) is 0. The topological polar surface area (TPSA) is 59.1 Å². The molecule has 0 N–H and O–H groups in total. The zero-order chi connectivity index (χ0) is 23.6. The zero-order valence-corrected chi connectivity index (χ0v) is 19.8. The van der Waals surface area contributed by atoms with Crippen LogP contribution in [-0.2, 0) is 11.2 Å². The minimum atomic E-state index is -0.410. The number of methoxy groups -OCH3 is 1. The Balaban J connectivity index is 1.54. The molecule has 2 aromatic rings. The third kappa shape index (κ3) is 6.85. The number of likely N-dealkylation sites (tertiary alicyclic amines) is 1. The van der Waals surface area contributed by atoms with Gasteiger partial charge >= 0.3 is 6.09 Å². The average Bonchev–Trinajstić information content (AvgIpc) is 2.85. The fraction of sp³-hybridized carbons (Fsp3) is 0.407. The summed E-state index contributed by atoms with van der Waals surface area (Å²) in [6.45, 7) is 6.51. The molecule has 3 rings (SSSR count). The Morgan fingerprint density at radius 2 is 1.73 bits per heavy atom. The van der Waals surface area contributed by atoms with Crippen molar-refractivity contribution in [2.45, 2.75) is 33.1 Å². The number of nitrogens with zero attached hydrogens (tertiary/aromatic N) is 2. The molecule has 0 spiro atoms. The minimum Gasteiger partial charge on any atom is -0.493 e. The third-order valence-corrected chi connectivity index (χ3v) is 6.12. The standard InChI is InChI=1S/C27H34N2O4/c1-4-28(5-2)27(31)33-24-13-11-22(20-25(24)32-3)12-14-26(30)29-17-15-23(16-18-29)19-21-9-7-6-8-10-21/h6-14,20,23H,4-5,15-19H2,1-3H3/b14-12+. The molecule has 0 saturated carbocycles. The highest BCUT2D eigenvalue weighted by molar-refractivity contribution is 5.92. The first-order valence-electron chi connectivity index (χ1n) is 11.7. The van der Waals surface area contributed by atoms with E-state index in [1.165, 1.54) is 12.7 Å². The number of hydrogen-bond donors (Lipinski definition) is 0. The molecule has 1 heterocycles. The molecule has 2 amide bonds. The smallest absolute Gasteiger partial charge is 0.415 e. The maximum Gasteiger partial charge on any atom is 0.415 e. The first-order valence-corrected chi connectivity index (χ1v) is 11.7. The monoisotopic (exact) mass is 450 g/mol. The molecule has 0 aliphatic carbocycles. The van der Waals surface area contributed by atoms with Crippen molar-refractivity contribution in [3.05, 3.63) is 65.7 Å². The summed E-state index contributed by atoms with van der Waals surface area (Å²) in [5.41, 5.74) is 2.17. The fourth-order valence-corrected chi connectivity index (χ4v) is 4.09. The quantitative estimate of drug-likeness (QED) is 0.529. The van der Waals surface area contributed by atoms with Gasteiger partial charge in [0.1, 0.15) is 0 Å². The van der Waals surface area contributed by atoms with E-state index in [0.717, 1.165) is 37.9 Å². The molecule has 0 unspecified atom stereocenters. The van der Waals surface area contributed by atoms with Crippen LogP contribution in [-0.4, -0.2) is 55.1 Å². The van der Waals surface area contributed by atoms with Gasteiger partial charge in [-0.1, -0.05) is 36.4 Å². The van der Waals surface area contributed by atoms with Crippen molar-refractivity contribution in [2.24, 2.45) is 5.92 Å². The average molecular weight is 451 g/mol. The Kier molecular flexibility index (Phi) is 8.93. The van der Waals surface area contributed by atoms with E-state index in [-0.39, 0.29) is 5.91 Å². The molecule has 6 nitrogen and oxygen atoms in total. The SMILES string of the molecule is CCN(CC)C(=O)Oc1ccc(/C=C/C(=O)N2CCC(Cc3ccccc3)CC2)cc1OC. The normalized spacial score (nSPS) is 14.3. The number of carbonyl (C=O) groups is 2. The number of carbonyl (C=O) groups excluding carboxylic acids is 2. The lowest BCUT2D eigenvalue weighted by atomic mass is 9.90. The molecule has 0 bridgehead atoms. The van der Waals surface area contributed by atoms with Crippen LogP contribution in [0.3, 0.4) is 0 Å². The summed E-state index contributed by atoms with van der Waals surface area (Å²) in [6.07, 6.45) is 6.09. The van der Waals surface area contributed by atoms with Gasteiger partial charge in [0.15, 0.2) is 11.5 Å². The van der Waals surface area contributed by atoms with Gasteiger partial charge in [0.25, 0.3) is 0 Å². The molecule has 176 valence electrons. The molecular weight excluding hydrogens is 416 g/mol. The number of ether oxygens (including phenoxy) is 2. The van der Waals surface area contributed by atoms with Crippen molar-refractivity contribution < 1.29 is 19.1 Å². The highest BCUT2D eigenvalue weighted by Gasteiger charge is 2.22. The Morgan fingerprint density at radius 1 is 1.03 bits per heavy atom. The Hall–Kier alpha value is -3.28. The predicted molar refractivity (Wildman–Crippen MR) is 130 cm³/mol. The summed E-state index contributed by atoms with van der Waals surface area (Å²) in [4.78, 5) is 28.4. The highest BCUT2D eigenvalue weighted by Crippen LogP contribution is 2.29. The van der Waals surface area contributed by atoms with Crippen LogP contribution in [0.1, 0.15) is 37.8 Å². The van der Waals surface area contributed by atoms with Gasteiger partial charge in [0, 0.05) is 32.3 Å². The number of piperidine rings is 1. The summed E-state index contributed by atoms with van der Waals surface area (Å²) >= 11 is 0. The fourth-order valence-electron chi connectivity index (χ4n) is 4.09. The molecule has 0 radical (unpaired) electrons. The van der Waals surface area contributed by atoms with Crippen molar-refractivity contribution in [2.75, 3.05) is 33.3 Å². The maximum absolute atomic E-state index is 12.7. The van der Waals surface area contributed by atoms with Gasteiger partial charge in [-0.05, 0) is 68.4 Å². The lowest BCUT2D eigenvalue weighted by Gasteiger charge is -2.31. The van der Waals surface area contributed by atoms with Crippen LogP contribution >= 0.6 is 0 Å². The van der Waals surface area contributed by atoms with Crippen LogP contribution in [0, 0.1) is 5.92 Å². The van der Waals surface area contributed by atoms with Crippen molar-refractivity contribution in [3.8, 4) is 11.5 Å². The molecule has 1 fully saturated rings. The van der Waals surface area contributed by atoms with Crippen LogP contribution in [0.4, 0.5) is 4.79 Å². The van der Waals surface area contributed by atoms with Gasteiger partial charge in [-0.2, -0.15) is 0 Å². The van der Waals surface area contributed by atoms with E-state index in [4.69, 9.17) is 9.47 Å². The van der Waals surface area contributed by atoms with Gasteiger partial charge in [-0.15, -0.1) is 0 Å². The van der Waals surface area contributed by atoms with Crippen molar-refractivity contribution >= 4 is 18.1 Å². The van der Waals surface area contributed by atoms with Gasteiger partial charge < -0.3 is 19.3 Å². The Morgan fingerprint density at radius 3 is 2.36 bits per heavy atom. The van der Waals surface area contributed by atoms with E-state index < -0.39 is 6.09 Å². The number of hydrogen-bond acceptors (Lipinski definition) is 4. The van der Waals surface area contributed by atoms with E-state index in [9.17, 15) is 9.59 Å². The van der Waals surface area contributed by atoms with Crippen LogP contribution in [0.25, 0.3) is 6.08 Å². The minimum absolute atomic E-state index is 0.0177. The van der Waals surface area contributed by atoms with Gasteiger partial charge in [0.05, 0.1) is 7.11 Å². The molecular formula is C27H34N2O4. The number of amides is 2. The molecule has 6 heteroatoms. The van der Waals surface area contributed by atoms with Gasteiger partial charge in [-0.3, -0.25) is 4.79 Å². The van der Waals surface area contributed by atoms with E-state index in [0.29, 0.717) is 30.5 Å². The predicted octanol–water partition coefficient (Wildman–Crippen LogP) is 5.03. The van der Waals surface area contributed by atoms with E-state index in [2.05, 4.69) is 24.3 Å². The van der Waals surface area contributed by atoms with Crippen LogP contribution < -0.4 is 9.47 Å². The second kappa shape index (κ2) is 12.1. The largest absolute Gasteiger partial charge is 0.493 e. The first kappa shape index (κ1) is 24.4. The highest BCUT2D eigenvalue weighted by atomic mass is 16.6. The Labute approximate surface area is 196 Å². The maximum atomic E-state index is 12.7. The number of rotatable bonds is 8. The summed E-state index contributed by atoms with van der Waals surface area (Å²) in [5.74, 6) is 1.45. The first-order chi connectivity index (χ1) is 16.0. The molecule has 0 aromatic heterocycles. The van der Waals surface area contributed by atoms with Crippen molar-refractivity contribution in [3.63, 3.8) is 0 Å². The number of benzene rings is 2. The van der Waals surface area contributed by atoms with Crippen molar-refractivity contribution in [1.29, 1.82) is 0 Å². The van der Waals surface area contributed by atoms with Gasteiger partial charge in [-0.25, -0.2) is 4.79 Å². The molecule has 2 aromatic carbocycles. The lowest BCUT2D eigenvalue weighted by molar-refractivity contribution is -0.127. The van der Waals surface area contributed by atoms with E-state index in [1.54, 1.807) is 29.2 Å². The van der Waals surface area contributed by atoms with Crippen LogP contribution in [0.5, 0.6) is 11.5 Å². The molecule has 1 aliphatic heterocycles. The molecule has 33 heavy (non-hydrogen) atoms. The Bertz CT molecular complexity index is 946. The third-order valence-electron chi connectivity index (χ3n) is 6.12. The zero-order valence-electron chi connectivity index (χ0n) is 19.8. The molecule has 0 atom stereocenters. The van der Waals surface area contributed by atoms with E-state index >= 15 is 0 Å². The van der Waals surface area contributed by atoms with Crippen LogP contribution in [0.2, 0.25) is 0 Å². The van der Waals surface area contributed by atoms with Crippen LogP contribution in [0.15, 0.2) is 54.6 Å². The molecule has 1 saturated heterocycles. The van der Waals surface area contributed by atoms with Gasteiger partial charge in [0.2, 0.25) is 5.91 Å². The second-order valence-electron chi connectivity index (χ2n) is 8.24. The summed E-state index contributed by atoms with van der Waals surface area (Å²) in [7, 11) is 1.53. The van der Waals surface area contributed by atoms with E-state index in [1.807, 2.05) is 30.9 Å². The summed E-state index contributed by atoms with van der Waals surface area (Å²) < 4.78 is 10.9. The summed E-state index contributed by atoms with van der Waals surface area (Å²) in [6, 6.07) is 15.8.